The van der Waals surface area contributed by atoms with E-state index in [4.69, 9.17) is 0 Å². The monoisotopic (exact) mass is 351 g/mol. The molecule has 0 bridgehead atoms. The molecular formula is C18H21N7O. The minimum atomic E-state index is 0.0167. The van der Waals surface area contributed by atoms with Crippen LogP contribution in [0.25, 0.3) is 11.4 Å². The van der Waals surface area contributed by atoms with Gasteiger partial charge < -0.3 is 9.88 Å². The molecule has 0 aliphatic carbocycles. The first kappa shape index (κ1) is 16.4. The summed E-state index contributed by atoms with van der Waals surface area (Å²) >= 11 is 0. The number of imidazole rings is 1. The number of piperidine rings is 1. The van der Waals surface area contributed by atoms with Crippen molar-refractivity contribution in [3.8, 4) is 11.4 Å². The molecule has 8 heteroatoms. The van der Waals surface area contributed by atoms with E-state index >= 15 is 0 Å². The van der Waals surface area contributed by atoms with Crippen molar-refractivity contribution >= 4 is 5.91 Å². The molecule has 1 N–H and O–H groups in total. The zero-order valence-corrected chi connectivity index (χ0v) is 14.7. The van der Waals surface area contributed by atoms with Crippen LogP contribution in [0.15, 0.2) is 36.8 Å². The van der Waals surface area contributed by atoms with Gasteiger partial charge in [0.1, 0.15) is 17.2 Å². The van der Waals surface area contributed by atoms with Crippen LogP contribution in [0.4, 0.5) is 0 Å². The highest BCUT2D eigenvalue weighted by Gasteiger charge is 2.26. The fourth-order valence-electron chi connectivity index (χ4n) is 3.38. The number of nitrogens with zero attached hydrogens (tertiary/aromatic N) is 6. The maximum Gasteiger partial charge on any atom is 0.271 e. The lowest BCUT2D eigenvalue weighted by Crippen LogP contribution is -2.41. The Balaban J connectivity index is 1.41. The molecule has 26 heavy (non-hydrogen) atoms. The van der Waals surface area contributed by atoms with Gasteiger partial charge in [-0.15, -0.1) is 5.10 Å². The summed E-state index contributed by atoms with van der Waals surface area (Å²) in [4.78, 5) is 26.0. The Bertz CT molecular complexity index is 886. The SMILES string of the molecule is Cc1ncc(C(=O)N2CCCC(Cn3cc(-c4ccccn4)nn3)C2)[nH]1. The lowest BCUT2D eigenvalue weighted by atomic mass is 9.98. The topological polar surface area (TPSA) is 92.6 Å². The second-order valence-corrected chi connectivity index (χ2v) is 6.68. The van der Waals surface area contributed by atoms with E-state index in [2.05, 4.69) is 25.3 Å². The normalized spacial score (nSPS) is 17.4. The van der Waals surface area contributed by atoms with Gasteiger partial charge in [0.25, 0.3) is 5.91 Å². The molecule has 0 spiro atoms. The predicted molar refractivity (Wildman–Crippen MR) is 95.2 cm³/mol. The van der Waals surface area contributed by atoms with E-state index in [-0.39, 0.29) is 5.91 Å². The molecule has 4 heterocycles. The lowest BCUT2D eigenvalue weighted by Gasteiger charge is -2.32. The number of amides is 1. The van der Waals surface area contributed by atoms with Crippen molar-refractivity contribution in [1.82, 2.24) is 34.8 Å². The molecule has 3 aromatic heterocycles. The van der Waals surface area contributed by atoms with E-state index in [1.54, 1.807) is 12.4 Å². The molecule has 1 aliphatic rings. The van der Waals surface area contributed by atoms with Gasteiger partial charge in [0, 0.05) is 25.8 Å². The Hall–Kier alpha value is -3.03. The maximum absolute atomic E-state index is 12.6. The van der Waals surface area contributed by atoms with E-state index in [1.807, 2.05) is 40.9 Å². The fraction of sp³-hybridized carbons (Fsp3) is 0.389. The molecule has 1 atom stereocenters. The van der Waals surface area contributed by atoms with E-state index in [9.17, 15) is 4.79 Å². The first-order chi connectivity index (χ1) is 12.7. The molecule has 3 aromatic rings. The highest BCUT2D eigenvalue weighted by atomic mass is 16.2. The van der Waals surface area contributed by atoms with E-state index in [0.717, 1.165) is 49.7 Å². The van der Waals surface area contributed by atoms with Crippen molar-refractivity contribution in [1.29, 1.82) is 0 Å². The average Bonchev–Trinajstić information content (AvgIpc) is 3.31. The highest BCUT2D eigenvalue weighted by molar-refractivity contribution is 5.92. The van der Waals surface area contributed by atoms with E-state index < -0.39 is 0 Å². The van der Waals surface area contributed by atoms with Crippen LogP contribution in [0.2, 0.25) is 0 Å². The standard InChI is InChI=1S/C18H21N7O/c1-13-20-9-16(21-13)18(26)24-8-4-5-14(10-24)11-25-12-17(22-23-25)15-6-2-3-7-19-15/h2-3,6-7,9,12,14H,4-5,8,10-11H2,1H3,(H,20,21). The van der Waals surface area contributed by atoms with Gasteiger partial charge in [-0.1, -0.05) is 11.3 Å². The lowest BCUT2D eigenvalue weighted by molar-refractivity contribution is 0.0654. The first-order valence-electron chi connectivity index (χ1n) is 8.81. The Labute approximate surface area is 151 Å². The number of rotatable bonds is 4. The number of H-pyrrole nitrogens is 1. The number of hydrogen-bond acceptors (Lipinski definition) is 5. The van der Waals surface area contributed by atoms with Gasteiger partial charge in [-0.2, -0.15) is 0 Å². The van der Waals surface area contributed by atoms with Crippen molar-refractivity contribution in [3.63, 3.8) is 0 Å². The van der Waals surface area contributed by atoms with Crippen LogP contribution >= 0.6 is 0 Å². The summed E-state index contributed by atoms with van der Waals surface area (Å²) in [6.07, 6.45) is 7.34. The number of aromatic nitrogens is 6. The summed E-state index contributed by atoms with van der Waals surface area (Å²) in [5.74, 6) is 1.13. The predicted octanol–water partition coefficient (Wildman–Crippen LogP) is 1.92. The number of pyridine rings is 1. The summed E-state index contributed by atoms with van der Waals surface area (Å²) in [6.45, 7) is 4.09. The van der Waals surface area contributed by atoms with Crippen LogP contribution in [0.5, 0.6) is 0 Å². The third kappa shape index (κ3) is 3.49. The summed E-state index contributed by atoms with van der Waals surface area (Å²) in [5, 5.41) is 8.44. The van der Waals surface area contributed by atoms with E-state index in [1.165, 1.54) is 0 Å². The van der Waals surface area contributed by atoms with Crippen LogP contribution in [-0.2, 0) is 6.54 Å². The van der Waals surface area contributed by atoms with E-state index in [0.29, 0.717) is 11.6 Å². The zero-order valence-electron chi connectivity index (χ0n) is 14.7. The molecule has 1 aliphatic heterocycles. The third-order valence-corrected chi connectivity index (χ3v) is 4.65. The molecule has 1 fully saturated rings. The molecule has 1 amide bonds. The molecule has 0 aromatic carbocycles. The quantitative estimate of drug-likeness (QED) is 0.775. The number of nitrogens with one attached hydrogen (secondary N) is 1. The first-order valence-corrected chi connectivity index (χ1v) is 8.81. The van der Waals surface area contributed by atoms with Crippen molar-refractivity contribution in [2.45, 2.75) is 26.3 Å². The van der Waals surface area contributed by atoms with Gasteiger partial charge in [0.2, 0.25) is 0 Å². The molecule has 134 valence electrons. The number of likely N-dealkylation sites (tertiary alicyclic amines) is 1. The molecular weight excluding hydrogens is 330 g/mol. The second kappa shape index (κ2) is 7.07. The van der Waals surface area contributed by atoms with Gasteiger partial charge in [-0.25, -0.2) is 4.98 Å². The Morgan fingerprint density at radius 1 is 1.31 bits per heavy atom. The number of aromatic amines is 1. The van der Waals surface area contributed by atoms with Gasteiger partial charge in [-0.3, -0.25) is 14.5 Å². The molecule has 0 saturated carbocycles. The Kier molecular flexibility index (Phi) is 4.47. The van der Waals surface area contributed by atoms with Gasteiger partial charge in [-0.05, 0) is 37.8 Å². The van der Waals surface area contributed by atoms with Crippen LogP contribution in [-0.4, -0.2) is 53.8 Å². The maximum atomic E-state index is 12.6. The van der Waals surface area contributed by atoms with Gasteiger partial charge in [0.05, 0.1) is 18.1 Å². The second-order valence-electron chi connectivity index (χ2n) is 6.68. The molecule has 1 saturated heterocycles. The minimum Gasteiger partial charge on any atom is -0.338 e. The van der Waals surface area contributed by atoms with Crippen molar-refractivity contribution in [2.24, 2.45) is 5.92 Å². The van der Waals surface area contributed by atoms with Gasteiger partial charge >= 0.3 is 0 Å². The highest BCUT2D eigenvalue weighted by Crippen LogP contribution is 2.20. The van der Waals surface area contributed by atoms with Crippen LogP contribution < -0.4 is 0 Å². The number of aryl methyl sites for hydroxylation is 1. The Morgan fingerprint density at radius 3 is 3.00 bits per heavy atom. The molecule has 8 nitrogen and oxygen atoms in total. The summed E-state index contributed by atoms with van der Waals surface area (Å²) in [6, 6.07) is 5.73. The largest absolute Gasteiger partial charge is 0.338 e. The molecule has 4 rings (SSSR count). The fourth-order valence-corrected chi connectivity index (χ4v) is 3.38. The van der Waals surface area contributed by atoms with Crippen LogP contribution in [0.3, 0.4) is 0 Å². The van der Waals surface area contributed by atoms with Crippen molar-refractivity contribution in [3.05, 3.63) is 48.3 Å². The van der Waals surface area contributed by atoms with Crippen LogP contribution in [0.1, 0.15) is 29.2 Å². The number of carbonyl (C=O) groups excluding carboxylic acids is 1. The number of carbonyl (C=O) groups is 1. The Morgan fingerprint density at radius 2 is 2.23 bits per heavy atom. The summed E-state index contributed by atoms with van der Waals surface area (Å²) in [5.41, 5.74) is 2.14. The van der Waals surface area contributed by atoms with Gasteiger partial charge in [0.15, 0.2) is 0 Å². The summed E-state index contributed by atoms with van der Waals surface area (Å²) < 4.78 is 1.85. The van der Waals surface area contributed by atoms with Crippen molar-refractivity contribution in [2.75, 3.05) is 13.1 Å². The minimum absolute atomic E-state index is 0.0167. The third-order valence-electron chi connectivity index (χ3n) is 4.65. The summed E-state index contributed by atoms with van der Waals surface area (Å²) in [7, 11) is 0. The zero-order chi connectivity index (χ0) is 17.9. The molecule has 0 radical (unpaired) electrons. The van der Waals surface area contributed by atoms with Crippen LogP contribution in [0, 0.1) is 12.8 Å². The van der Waals surface area contributed by atoms with Crippen molar-refractivity contribution < 1.29 is 4.79 Å². The smallest absolute Gasteiger partial charge is 0.271 e. The number of hydrogen-bond donors (Lipinski definition) is 1. The average molecular weight is 351 g/mol. The molecule has 1 unspecified atom stereocenters.